The Morgan fingerprint density at radius 2 is 2.00 bits per heavy atom. The maximum absolute atomic E-state index is 13.0. The number of unbranched alkanes of at least 4 members (excludes halogenated alkanes) is 2. The lowest BCUT2D eigenvalue weighted by Gasteiger charge is -2.32. The Morgan fingerprint density at radius 3 is 2.74 bits per heavy atom. The van der Waals surface area contributed by atoms with Gasteiger partial charge in [0, 0.05) is 12.5 Å². The Morgan fingerprint density at radius 1 is 1.26 bits per heavy atom. The fourth-order valence-corrected chi connectivity index (χ4v) is 4.08. The number of fused-ring (bicyclic) bond motifs is 1. The Balaban J connectivity index is 1.61. The van der Waals surface area contributed by atoms with Gasteiger partial charge in [-0.05, 0) is 37.3 Å². The number of benzene rings is 1. The first-order valence-electron chi connectivity index (χ1n) is 9.95. The van der Waals surface area contributed by atoms with Crippen LogP contribution in [0, 0.1) is 0 Å². The summed E-state index contributed by atoms with van der Waals surface area (Å²) in [7, 11) is 0. The van der Waals surface area contributed by atoms with Crippen molar-refractivity contribution in [2.24, 2.45) is 0 Å². The van der Waals surface area contributed by atoms with Crippen molar-refractivity contribution in [2.45, 2.75) is 70.4 Å². The third-order valence-corrected chi connectivity index (χ3v) is 5.63. The van der Waals surface area contributed by atoms with Crippen molar-refractivity contribution in [3.05, 3.63) is 35.4 Å². The first-order chi connectivity index (χ1) is 12.9. The van der Waals surface area contributed by atoms with Gasteiger partial charge in [0.05, 0.1) is 0 Å². The number of amides is 4. The summed E-state index contributed by atoms with van der Waals surface area (Å²) in [6, 6.07) is 7.58. The van der Waals surface area contributed by atoms with Crippen molar-refractivity contribution in [1.82, 2.24) is 15.5 Å². The number of nitrogens with one attached hydrogen (secondary N) is 2. The molecule has 1 heterocycles. The molecule has 0 aromatic heterocycles. The van der Waals surface area contributed by atoms with Crippen LogP contribution in [0.1, 0.15) is 57.1 Å². The van der Waals surface area contributed by atoms with Gasteiger partial charge in [0.2, 0.25) is 5.91 Å². The Kier molecular flexibility index (Phi) is 5.82. The van der Waals surface area contributed by atoms with E-state index < -0.39 is 11.6 Å². The van der Waals surface area contributed by atoms with E-state index in [0.717, 1.165) is 42.6 Å². The molecule has 1 fully saturated rings. The minimum absolute atomic E-state index is 0.0420. The summed E-state index contributed by atoms with van der Waals surface area (Å²) in [4.78, 5) is 38.8. The van der Waals surface area contributed by atoms with Crippen molar-refractivity contribution in [2.75, 3.05) is 6.54 Å². The monoisotopic (exact) mass is 371 g/mol. The van der Waals surface area contributed by atoms with Gasteiger partial charge in [-0.3, -0.25) is 14.5 Å². The van der Waals surface area contributed by atoms with Crippen LogP contribution in [0.5, 0.6) is 0 Å². The Labute approximate surface area is 160 Å². The van der Waals surface area contributed by atoms with Gasteiger partial charge in [-0.2, -0.15) is 0 Å². The second-order valence-electron chi connectivity index (χ2n) is 7.81. The molecule has 3 rings (SSSR count). The summed E-state index contributed by atoms with van der Waals surface area (Å²) in [6.07, 6.45) is 6.03. The second kappa shape index (κ2) is 8.11. The van der Waals surface area contributed by atoms with E-state index in [4.69, 9.17) is 0 Å². The number of urea groups is 1. The number of hydrogen-bond donors (Lipinski definition) is 2. The maximum Gasteiger partial charge on any atom is 0.325 e. The molecule has 0 radical (unpaired) electrons. The van der Waals surface area contributed by atoms with Crippen LogP contribution in [0.25, 0.3) is 0 Å². The molecule has 2 aliphatic rings. The topological polar surface area (TPSA) is 78.5 Å². The lowest BCUT2D eigenvalue weighted by molar-refractivity contribution is -0.135. The van der Waals surface area contributed by atoms with Crippen molar-refractivity contribution in [3.8, 4) is 0 Å². The highest BCUT2D eigenvalue weighted by Gasteiger charge is 2.52. The summed E-state index contributed by atoms with van der Waals surface area (Å²) in [5, 5.41) is 5.77. The van der Waals surface area contributed by atoms with Gasteiger partial charge >= 0.3 is 6.03 Å². The fraction of sp³-hybridized carbons (Fsp3) is 0.571. The molecule has 1 spiro atoms. The molecule has 1 saturated heterocycles. The largest absolute Gasteiger partial charge is 0.352 e. The molecule has 1 aliphatic heterocycles. The Hall–Kier alpha value is -2.37. The van der Waals surface area contributed by atoms with E-state index >= 15 is 0 Å². The van der Waals surface area contributed by atoms with E-state index in [2.05, 4.69) is 23.6 Å². The lowest BCUT2D eigenvalue weighted by Crippen LogP contribution is -2.51. The van der Waals surface area contributed by atoms with Gasteiger partial charge in [0.1, 0.15) is 12.1 Å². The molecular formula is C21H29N3O3. The minimum Gasteiger partial charge on any atom is -0.352 e. The third-order valence-electron chi connectivity index (χ3n) is 5.63. The summed E-state index contributed by atoms with van der Waals surface area (Å²) >= 11 is 0. The predicted molar refractivity (Wildman–Crippen MR) is 103 cm³/mol. The molecule has 1 aliphatic carbocycles. The smallest absolute Gasteiger partial charge is 0.325 e. The van der Waals surface area contributed by atoms with Crippen molar-refractivity contribution in [3.63, 3.8) is 0 Å². The molecule has 0 saturated carbocycles. The molecule has 27 heavy (non-hydrogen) atoms. The van der Waals surface area contributed by atoms with Crippen LogP contribution in [0.4, 0.5) is 4.79 Å². The van der Waals surface area contributed by atoms with Gasteiger partial charge in [0.25, 0.3) is 5.91 Å². The van der Waals surface area contributed by atoms with Crippen LogP contribution < -0.4 is 10.6 Å². The normalized spacial score (nSPS) is 22.5. The minimum atomic E-state index is -0.904. The standard InChI is InChI=1S/C21H29N3O3/c1-3-4-5-8-15(2)22-18(25)14-24-19(26)21(23-20(24)27)12-11-16-9-6-7-10-17(16)13-21/h6-7,9-10,15H,3-5,8,11-14H2,1-2H3,(H,22,25)(H,23,27). The van der Waals surface area contributed by atoms with Gasteiger partial charge < -0.3 is 10.6 Å². The molecule has 0 bridgehead atoms. The SMILES string of the molecule is CCCCCC(C)NC(=O)CN1C(=O)NC2(CCc3ccccc3C2)C1=O. The molecule has 4 amide bonds. The van der Waals surface area contributed by atoms with Gasteiger partial charge in [0.15, 0.2) is 0 Å². The second-order valence-corrected chi connectivity index (χ2v) is 7.81. The molecule has 2 N–H and O–H groups in total. The predicted octanol–water partition coefficient (Wildman–Crippen LogP) is 2.55. The molecular weight excluding hydrogens is 342 g/mol. The number of rotatable bonds is 7. The zero-order valence-electron chi connectivity index (χ0n) is 16.2. The maximum atomic E-state index is 13.0. The third kappa shape index (κ3) is 4.15. The fourth-order valence-electron chi connectivity index (χ4n) is 4.08. The highest BCUT2D eigenvalue weighted by molar-refractivity contribution is 6.09. The number of imide groups is 1. The lowest BCUT2D eigenvalue weighted by atomic mass is 9.78. The first kappa shape index (κ1) is 19.4. The van der Waals surface area contributed by atoms with Crippen LogP contribution in [-0.4, -0.2) is 40.9 Å². The summed E-state index contributed by atoms with van der Waals surface area (Å²) in [5.74, 6) is -0.563. The summed E-state index contributed by atoms with van der Waals surface area (Å²) < 4.78 is 0. The number of nitrogens with zero attached hydrogens (tertiary/aromatic N) is 1. The average Bonchev–Trinajstić information content (AvgIpc) is 2.86. The summed E-state index contributed by atoms with van der Waals surface area (Å²) in [6.45, 7) is 3.88. The van der Waals surface area contributed by atoms with Crippen molar-refractivity contribution in [1.29, 1.82) is 0 Å². The van der Waals surface area contributed by atoms with Crippen molar-refractivity contribution >= 4 is 17.8 Å². The molecule has 2 atom stereocenters. The van der Waals surface area contributed by atoms with E-state index in [-0.39, 0.29) is 24.4 Å². The quantitative estimate of drug-likeness (QED) is 0.571. The van der Waals surface area contributed by atoms with E-state index in [1.165, 1.54) is 5.56 Å². The number of hydrogen-bond acceptors (Lipinski definition) is 3. The average molecular weight is 371 g/mol. The molecule has 6 nitrogen and oxygen atoms in total. The molecule has 2 unspecified atom stereocenters. The number of carbonyl (C=O) groups is 3. The van der Waals surface area contributed by atoms with Crippen LogP contribution in [-0.2, 0) is 22.4 Å². The van der Waals surface area contributed by atoms with Crippen LogP contribution in [0.3, 0.4) is 0 Å². The molecule has 1 aromatic carbocycles. The van der Waals surface area contributed by atoms with E-state index in [0.29, 0.717) is 12.8 Å². The zero-order valence-corrected chi connectivity index (χ0v) is 16.2. The van der Waals surface area contributed by atoms with E-state index in [9.17, 15) is 14.4 Å². The van der Waals surface area contributed by atoms with Crippen LogP contribution in [0.2, 0.25) is 0 Å². The number of aryl methyl sites for hydroxylation is 1. The zero-order chi connectivity index (χ0) is 19.4. The first-order valence-corrected chi connectivity index (χ1v) is 9.95. The van der Waals surface area contributed by atoms with Crippen molar-refractivity contribution < 1.29 is 14.4 Å². The van der Waals surface area contributed by atoms with E-state index in [1.54, 1.807) is 0 Å². The van der Waals surface area contributed by atoms with Crippen LogP contribution >= 0.6 is 0 Å². The van der Waals surface area contributed by atoms with E-state index in [1.807, 2.05) is 25.1 Å². The van der Waals surface area contributed by atoms with Gasteiger partial charge in [-0.15, -0.1) is 0 Å². The highest BCUT2D eigenvalue weighted by Crippen LogP contribution is 2.33. The Bertz CT molecular complexity index is 733. The number of carbonyl (C=O) groups excluding carboxylic acids is 3. The summed E-state index contributed by atoms with van der Waals surface area (Å²) in [5.41, 5.74) is 1.41. The van der Waals surface area contributed by atoms with Crippen LogP contribution in [0.15, 0.2) is 24.3 Å². The molecule has 6 heteroatoms. The highest BCUT2D eigenvalue weighted by atomic mass is 16.2. The molecule has 1 aromatic rings. The van der Waals surface area contributed by atoms with Gasteiger partial charge in [-0.25, -0.2) is 4.79 Å². The van der Waals surface area contributed by atoms with Gasteiger partial charge in [-0.1, -0.05) is 50.5 Å². The molecule has 146 valence electrons.